The van der Waals surface area contributed by atoms with Crippen molar-refractivity contribution in [3.63, 3.8) is 0 Å². The molecule has 0 amide bonds. The zero-order valence-corrected chi connectivity index (χ0v) is 17.8. The minimum absolute atomic E-state index is 0. The van der Waals surface area contributed by atoms with Gasteiger partial charge >= 0.3 is 0 Å². The van der Waals surface area contributed by atoms with E-state index in [1.165, 1.54) is 42.8 Å². The van der Waals surface area contributed by atoms with E-state index in [1.807, 2.05) is 18.4 Å². The van der Waals surface area contributed by atoms with E-state index in [1.54, 1.807) is 4.88 Å². The number of aromatic nitrogens is 1. The molecular weight excluding hydrogens is 419 g/mol. The van der Waals surface area contributed by atoms with Gasteiger partial charge in [-0.15, -0.1) is 35.3 Å². The van der Waals surface area contributed by atoms with Gasteiger partial charge in [-0.1, -0.05) is 13.8 Å². The summed E-state index contributed by atoms with van der Waals surface area (Å²) >= 11 is 1.93. The minimum Gasteiger partial charge on any atom is -0.356 e. The Morgan fingerprint density at radius 2 is 1.96 bits per heavy atom. The Labute approximate surface area is 162 Å². The molecule has 0 saturated heterocycles. The van der Waals surface area contributed by atoms with Crippen LogP contribution >= 0.6 is 35.3 Å². The van der Waals surface area contributed by atoms with Gasteiger partial charge in [0, 0.05) is 31.4 Å². The van der Waals surface area contributed by atoms with Crippen molar-refractivity contribution in [3.8, 4) is 0 Å². The fraction of sp³-hybridized carbons (Fsp3) is 0.765. The number of nitrogens with one attached hydrogen (secondary N) is 2. The Balaban J connectivity index is 0.00000264. The van der Waals surface area contributed by atoms with Crippen molar-refractivity contribution in [2.75, 3.05) is 20.1 Å². The smallest absolute Gasteiger partial charge is 0.190 e. The monoisotopic (exact) mass is 450 g/mol. The topological polar surface area (TPSA) is 49.3 Å². The number of hydrogen-bond donors (Lipinski definition) is 2. The second kappa shape index (κ2) is 11.2. The third-order valence-electron chi connectivity index (χ3n) is 3.99. The SMILES string of the molecule is CN=C(NCCCc1nc2c(s1)CCCC2)NCCC(C)C.I. The first-order valence-electron chi connectivity index (χ1n) is 8.61. The molecule has 1 aromatic rings. The number of hydrogen-bond acceptors (Lipinski definition) is 3. The van der Waals surface area contributed by atoms with E-state index < -0.39 is 0 Å². The lowest BCUT2D eigenvalue weighted by atomic mass is 10.0. The molecule has 0 unspecified atom stereocenters. The van der Waals surface area contributed by atoms with Gasteiger partial charge in [-0.3, -0.25) is 4.99 Å². The van der Waals surface area contributed by atoms with Crippen LogP contribution in [0.25, 0.3) is 0 Å². The molecule has 0 aromatic carbocycles. The number of aliphatic imine (C=N–C) groups is 1. The van der Waals surface area contributed by atoms with Gasteiger partial charge < -0.3 is 10.6 Å². The van der Waals surface area contributed by atoms with Crippen LogP contribution in [0.2, 0.25) is 0 Å². The Kier molecular flexibility index (Phi) is 10.1. The number of nitrogens with zero attached hydrogens (tertiary/aromatic N) is 2. The van der Waals surface area contributed by atoms with Crippen LogP contribution in [0, 0.1) is 5.92 Å². The molecule has 0 bridgehead atoms. The average Bonchev–Trinajstić information content (AvgIpc) is 2.92. The highest BCUT2D eigenvalue weighted by Gasteiger charge is 2.14. The zero-order chi connectivity index (χ0) is 15.8. The average molecular weight is 450 g/mol. The van der Waals surface area contributed by atoms with Crippen molar-refractivity contribution in [1.82, 2.24) is 15.6 Å². The first kappa shape index (κ1) is 20.7. The molecule has 23 heavy (non-hydrogen) atoms. The second-order valence-corrected chi connectivity index (χ2v) is 7.56. The number of rotatable bonds is 7. The number of thiazole rings is 1. The Hall–Kier alpha value is -0.370. The summed E-state index contributed by atoms with van der Waals surface area (Å²) in [5, 5.41) is 8.07. The molecular formula is C17H31IN4S. The predicted molar refractivity (Wildman–Crippen MR) is 111 cm³/mol. The van der Waals surface area contributed by atoms with Gasteiger partial charge in [-0.2, -0.15) is 0 Å². The molecule has 1 aliphatic rings. The molecule has 132 valence electrons. The van der Waals surface area contributed by atoms with Crippen molar-refractivity contribution < 1.29 is 0 Å². The predicted octanol–water partition coefficient (Wildman–Crippen LogP) is 3.78. The van der Waals surface area contributed by atoms with Crippen LogP contribution in [0.1, 0.15) is 55.1 Å². The molecule has 0 spiro atoms. The van der Waals surface area contributed by atoms with E-state index in [2.05, 4.69) is 29.5 Å². The Bertz CT molecular complexity index is 461. The summed E-state index contributed by atoms with van der Waals surface area (Å²) in [6, 6.07) is 0. The van der Waals surface area contributed by atoms with E-state index in [9.17, 15) is 0 Å². The van der Waals surface area contributed by atoms with Gasteiger partial charge in [-0.25, -0.2) is 4.98 Å². The fourth-order valence-corrected chi connectivity index (χ4v) is 3.86. The molecule has 0 atom stereocenters. The van der Waals surface area contributed by atoms with Crippen molar-refractivity contribution in [3.05, 3.63) is 15.6 Å². The molecule has 6 heteroatoms. The normalized spacial score (nSPS) is 14.3. The summed E-state index contributed by atoms with van der Waals surface area (Å²) in [6.45, 7) is 6.42. The van der Waals surface area contributed by atoms with E-state index in [0.717, 1.165) is 37.8 Å². The maximum absolute atomic E-state index is 4.80. The second-order valence-electron chi connectivity index (χ2n) is 6.40. The summed E-state index contributed by atoms with van der Waals surface area (Å²) in [5.74, 6) is 1.64. The third-order valence-corrected chi connectivity index (χ3v) is 5.20. The molecule has 0 fully saturated rings. The lowest BCUT2D eigenvalue weighted by molar-refractivity contribution is 0.573. The number of fused-ring (bicyclic) bond motifs is 1. The van der Waals surface area contributed by atoms with Gasteiger partial charge in [0.25, 0.3) is 0 Å². The van der Waals surface area contributed by atoms with Crippen molar-refractivity contribution in [2.45, 2.75) is 58.8 Å². The maximum Gasteiger partial charge on any atom is 0.190 e. The largest absolute Gasteiger partial charge is 0.356 e. The number of guanidine groups is 1. The fourth-order valence-electron chi connectivity index (χ4n) is 2.66. The van der Waals surface area contributed by atoms with E-state index in [-0.39, 0.29) is 24.0 Å². The molecule has 1 aromatic heterocycles. The van der Waals surface area contributed by atoms with Gasteiger partial charge in [0.1, 0.15) is 0 Å². The van der Waals surface area contributed by atoms with Crippen LogP contribution < -0.4 is 10.6 Å². The van der Waals surface area contributed by atoms with Crippen LogP contribution in [0.15, 0.2) is 4.99 Å². The lowest BCUT2D eigenvalue weighted by Crippen LogP contribution is -2.38. The van der Waals surface area contributed by atoms with Crippen LogP contribution in [0.5, 0.6) is 0 Å². The standard InChI is InChI=1S/C17H30N4S.HI/c1-13(2)10-12-20-17(18-3)19-11-6-9-16-21-14-7-4-5-8-15(14)22-16;/h13H,4-12H2,1-3H3,(H2,18,19,20);1H. The number of aryl methyl sites for hydroxylation is 3. The van der Waals surface area contributed by atoms with Crippen molar-refractivity contribution >= 4 is 41.3 Å². The maximum atomic E-state index is 4.80. The summed E-state index contributed by atoms with van der Waals surface area (Å²) in [6.07, 6.45) is 8.45. The zero-order valence-electron chi connectivity index (χ0n) is 14.7. The van der Waals surface area contributed by atoms with Gasteiger partial charge in [0.15, 0.2) is 5.96 Å². The summed E-state index contributed by atoms with van der Waals surface area (Å²) in [7, 11) is 1.83. The first-order valence-corrected chi connectivity index (χ1v) is 9.42. The van der Waals surface area contributed by atoms with E-state index in [0.29, 0.717) is 0 Å². The van der Waals surface area contributed by atoms with E-state index >= 15 is 0 Å². The van der Waals surface area contributed by atoms with Gasteiger partial charge in [0.05, 0.1) is 10.7 Å². The molecule has 0 aliphatic heterocycles. The van der Waals surface area contributed by atoms with Gasteiger partial charge in [0.2, 0.25) is 0 Å². The molecule has 0 radical (unpaired) electrons. The molecule has 2 rings (SSSR count). The van der Waals surface area contributed by atoms with Gasteiger partial charge in [-0.05, 0) is 44.4 Å². The molecule has 0 saturated carbocycles. The minimum atomic E-state index is 0. The molecule has 4 nitrogen and oxygen atoms in total. The van der Waals surface area contributed by atoms with Crippen molar-refractivity contribution in [1.29, 1.82) is 0 Å². The number of halogens is 1. The Morgan fingerprint density at radius 3 is 2.65 bits per heavy atom. The van der Waals surface area contributed by atoms with Crippen LogP contribution in [0.4, 0.5) is 0 Å². The highest BCUT2D eigenvalue weighted by Crippen LogP contribution is 2.27. The first-order chi connectivity index (χ1) is 10.7. The highest BCUT2D eigenvalue weighted by molar-refractivity contribution is 14.0. The van der Waals surface area contributed by atoms with Crippen molar-refractivity contribution in [2.24, 2.45) is 10.9 Å². The molecule has 1 aliphatic carbocycles. The molecule has 2 N–H and O–H groups in total. The van der Waals surface area contributed by atoms with E-state index in [4.69, 9.17) is 4.98 Å². The quantitative estimate of drug-likeness (QED) is 0.288. The summed E-state index contributed by atoms with van der Waals surface area (Å²) in [5.41, 5.74) is 1.38. The molecule has 1 heterocycles. The summed E-state index contributed by atoms with van der Waals surface area (Å²) in [4.78, 5) is 10.6. The summed E-state index contributed by atoms with van der Waals surface area (Å²) < 4.78 is 0. The van der Waals surface area contributed by atoms with Crippen LogP contribution in [-0.4, -0.2) is 31.1 Å². The highest BCUT2D eigenvalue weighted by atomic mass is 127. The lowest BCUT2D eigenvalue weighted by Gasteiger charge is -2.12. The third kappa shape index (κ3) is 7.37. The Morgan fingerprint density at radius 1 is 1.22 bits per heavy atom. The van der Waals surface area contributed by atoms with Crippen LogP contribution in [0.3, 0.4) is 0 Å². The van der Waals surface area contributed by atoms with Crippen LogP contribution in [-0.2, 0) is 19.3 Å².